The van der Waals surface area contributed by atoms with Gasteiger partial charge in [-0.1, -0.05) is 72.8 Å². The lowest BCUT2D eigenvalue weighted by Gasteiger charge is -2.16. The molecule has 0 atom stereocenters. The first kappa shape index (κ1) is 22.7. The summed E-state index contributed by atoms with van der Waals surface area (Å²) in [6.45, 7) is 1.35. The maximum atomic E-state index is 5.96. The third kappa shape index (κ3) is 6.27. The lowest BCUT2D eigenvalue weighted by atomic mass is 9.88. The number of imidazole rings is 1. The molecule has 0 N–H and O–H groups in total. The van der Waals surface area contributed by atoms with Crippen molar-refractivity contribution < 1.29 is 9.15 Å². The fraction of sp³-hybridized carbons (Fsp3) is 0.200. The first-order valence-corrected chi connectivity index (χ1v) is 12.0. The van der Waals surface area contributed by atoms with E-state index >= 15 is 0 Å². The topological polar surface area (TPSA) is 53.1 Å². The van der Waals surface area contributed by atoms with E-state index in [0.29, 0.717) is 13.0 Å². The summed E-state index contributed by atoms with van der Waals surface area (Å²) in [7, 11) is 0. The minimum atomic E-state index is 0.186. The molecule has 0 radical (unpaired) electrons. The average Bonchev–Trinajstić information content (AvgIpc) is 3.60. The van der Waals surface area contributed by atoms with Crippen molar-refractivity contribution in [3.8, 4) is 5.75 Å². The molecule has 0 saturated carbocycles. The molecule has 0 aliphatic heterocycles. The van der Waals surface area contributed by atoms with Gasteiger partial charge in [0.2, 0.25) is 0 Å². The minimum absolute atomic E-state index is 0.186. The van der Waals surface area contributed by atoms with E-state index in [1.54, 1.807) is 6.26 Å². The van der Waals surface area contributed by atoms with Crippen molar-refractivity contribution in [1.82, 2.24) is 14.5 Å². The molecular weight excluding hydrogens is 434 g/mol. The Morgan fingerprint density at radius 3 is 2.23 bits per heavy atom. The first-order valence-electron chi connectivity index (χ1n) is 12.0. The first-order chi connectivity index (χ1) is 17.3. The summed E-state index contributed by atoms with van der Waals surface area (Å²) in [6, 6.07) is 29.3. The Balaban J connectivity index is 1.16. The van der Waals surface area contributed by atoms with E-state index in [4.69, 9.17) is 14.1 Å². The van der Waals surface area contributed by atoms with Crippen molar-refractivity contribution in [2.24, 2.45) is 0 Å². The highest BCUT2D eigenvalue weighted by Gasteiger charge is 2.18. The van der Waals surface area contributed by atoms with Gasteiger partial charge >= 0.3 is 0 Å². The van der Waals surface area contributed by atoms with Crippen LogP contribution in [0, 0.1) is 0 Å². The van der Waals surface area contributed by atoms with E-state index in [0.717, 1.165) is 36.7 Å². The lowest BCUT2D eigenvalue weighted by molar-refractivity contribution is 0.301. The summed E-state index contributed by atoms with van der Waals surface area (Å²) < 4.78 is 13.9. The van der Waals surface area contributed by atoms with Crippen molar-refractivity contribution in [3.63, 3.8) is 0 Å². The third-order valence-electron chi connectivity index (χ3n) is 6.13. The number of hydrogen-bond donors (Lipinski definition) is 0. The van der Waals surface area contributed by atoms with Gasteiger partial charge < -0.3 is 13.7 Å². The lowest BCUT2D eigenvalue weighted by Crippen LogP contribution is -2.05. The van der Waals surface area contributed by atoms with Crippen molar-refractivity contribution >= 4 is 0 Å². The van der Waals surface area contributed by atoms with Gasteiger partial charge in [0.15, 0.2) is 5.89 Å². The molecule has 0 aliphatic rings. The van der Waals surface area contributed by atoms with Gasteiger partial charge in [-0.2, -0.15) is 0 Å². The molecule has 5 rings (SSSR count). The van der Waals surface area contributed by atoms with Crippen molar-refractivity contribution in [2.45, 2.75) is 38.3 Å². The van der Waals surface area contributed by atoms with Crippen LogP contribution < -0.4 is 4.74 Å². The molecule has 5 aromatic rings. The fourth-order valence-corrected chi connectivity index (χ4v) is 4.28. The Hall–Kier alpha value is -4.12. The SMILES string of the molecule is c1ccc(C(Cc2nc(COc3ccc(CCCn4ccnc4)cc3)co2)c2ccccc2)cc1. The molecule has 0 aliphatic carbocycles. The summed E-state index contributed by atoms with van der Waals surface area (Å²) in [5.41, 5.74) is 4.60. The van der Waals surface area contributed by atoms with Crippen LogP contribution in [0.15, 0.2) is 114 Å². The Morgan fingerprint density at radius 1 is 0.857 bits per heavy atom. The monoisotopic (exact) mass is 463 g/mol. The number of rotatable bonds is 11. The van der Waals surface area contributed by atoms with Gasteiger partial charge in [-0.15, -0.1) is 0 Å². The normalized spacial score (nSPS) is 11.1. The number of ether oxygens (including phenoxy) is 1. The zero-order chi connectivity index (χ0) is 23.7. The average molecular weight is 464 g/mol. The molecule has 0 spiro atoms. The Labute approximate surface area is 206 Å². The van der Waals surface area contributed by atoms with Gasteiger partial charge in [0, 0.05) is 31.3 Å². The van der Waals surface area contributed by atoms with Crippen LogP contribution >= 0.6 is 0 Å². The molecule has 2 aromatic heterocycles. The molecule has 0 unspecified atom stereocenters. The van der Waals surface area contributed by atoms with Crippen LogP contribution in [-0.2, 0) is 26.0 Å². The highest BCUT2D eigenvalue weighted by Crippen LogP contribution is 2.28. The van der Waals surface area contributed by atoms with Crippen molar-refractivity contribution in [1.29, 1.82) is 0 Å². The zero-order valence-corrected chi connectivity index (χ0v) is 19.7. The molecule has 176 valence electrons. The standard InChI is InChI=1S/C30H29N3O2/c1-3-9-25(10-4-1)29(26-11-5-2-6-12-26)20-30-32-27(22-35-30)21-34-28-15-13-24(14-16-28)8-7-18-33-19-17-31-23-33/h1-6,9-17,19,22-23,29H,7-8,18,20-21H2. The van der Waals surface area contributed by atoms with Gasteiger partial charge in [0.05, 0.1) is 6.33 Å². The van der Waals surface area contributed by atoms with Crippen LogP contribution in [0.1, 0.15) is 40.6 Å². The van der Waals surface area contributed by atoms with Gasteiger partial charge in [-0.3, -0.25) is 0 Å². The predicted molar refractivity (Wildman–Crippen MR) is 136 cm³/mol. The van der Waals surface area contributed by atoms with Gasteiger partial charge in [0.25, 0.3) is 0 Å². The molecule has 0 fully saturated rings. The second-order valence-electron chi connectivity index (χ2n) is 8.65. The zero-order valence-electron chi connectivity index (χ0n) is 19.7. The van der Waals surface area contributed by atoms with Crippen molar-refractivity contribution in [3.05, 3.63) is 138 Å². The second-order valence-corrected chi connectivity index (χ2v) is 8.65. The fourth-order valence-electron chi connectivity index (χ4n) is 4.28. The summed E-state index contributed by atoms with van der Waals surface area (Å²) >= 11 is 0. The van der Waals surface area contributed by atoms with Gasteiger partial charge in [-0.05, 0) is 41.7 Å². The quantitative estimate of drug-likeness (QED) is 0.226. The summed E-state index contributed by atoms with van der Waals surface area (Å²) in [5, 5.41) is 0. The molecule has 5 heteroatoms. The molecule has 0 bridgehead atoms. The van der Waals surface area contributed by atoms with E-state index in [1.807, 2.05) is 43.0 Å². The summed E-state index contributed by atoms with van der Waals surface area (Å²) in [4.78, 5) is 8.78. The van der Waals surface area contributed by atoms with Gasteiger partial charge in [-0.25, -0.2) is 9.97 Å². The largest absolute Gasteiger partial charge is 0.487 e. The third-order valence-corrected chi connectivity index (χ3v) is 6.13. The number of oxazole rings is 1. The highest BCUT2D eigenvalue weighted by atomic mass is 16.5. The van der Waals surface area contributed by atoms with Crippen LogP contribution in [0.3, 0.4) is 0 Å². The number of aryl methyl sites for hydroxylation is 2. The maximum absolute atomic E-state index is 5.96. The molecular formula is C30H29N3O2. The minimum Gasteiger partial charge on any atom is -0.487 e. The Kier molecular flexibility index (Phi) is 7.34. The number of aromatic nitrogens is 3. The molecule has 35 heavy (non-hydrogen) atoms. The number of benzene rings is 3. The predicted octanol–water partition coefficient (Wildman–Crippen LogP) is 6.46. The summed E-state index contributed by atoms with van der Waals surface area (Å²) in [5.74, 6) is 1.74. The molecule has 0 saturated heterocycles. The van der Waals surface area contributed by atoms with E-state index in [1.165, 1.54) is 16.7 Å². The van der Waals surface area contributed by atoms with Crippen LogP contribution in [0.5, 0.6) is 5.75 Å². The van der Waals surface area contributed by atoms with Crippen LogP contribution in [0.25, 0.3) is 0 Å². The second kappa shape index (κ2) is 11.3. The van der Waals surface area contributed by atoms with E-state index in [2.05, 4.69) is 70.2 Å². The number of hydrogen-bond acceptors (Lipinski definition) is 4. The van der Waals surface area contributed by atoms with Crippen LogP contribution in [-0.4, -0.2) is 14.5 Å². The summed E-state index contributed by atoms with van der Waals surface area (Å²) in [6.07, 6.45) is 10.2. The molecule has 5 nitrogen and oxygen atoms in total. The molecule has 0 amide bonds. The molecule has 3 aromatic carbocycles. The van der Waals surface area contributed by atoms with Crippen LogP contribution in [0.2, 0.25) is 0 Å². The Bertz CT molecular complexity index is 1240. The number of nitrogens with zero attached hydrogens (tertiary/aromatic N) is 3. The maximum Gasteiger partial charge on any atom is 0.195 e. The smallest absolute Gasteiger partial charge is 0.195 e. The van der Waals surface area contributed by atoms with Gasteiger partial charge in [0.1, 0.15) is 24.3 Å². The Morgan fingerprint density at radius 2 is 1.57 bits per heavy atom. The van der Waals surface area contributed by atoms with E-state index in [-0.39, 0.29) is 5.92 Å². The van der Waals surface area contributed by atoms with E-state index in [9.17, 15) is 0 Å². The highest BCUT2D eigenvalue weighted by molar-refractivity contribution is 5.33. The van der Waals surface area contributed by atoms with Crippen molar-refractivity contribution in [2.75, 3.05) is 0 Å². The van der Waals surface area contributed by atoms with Crippen LogP contribution in [0.4, 0.5) is 0 Å². The van der Waals surface area contributed by atoms with E-state index < -0.39 is 0 Å². The molecule has 2 heterocycles.